The zero-order valence-corrected chi connectivity index (χ0v) is 5.80. The van der Waals surface area contributed by atoms with Crippen LogP contribution in [-0.4, -0.2) is 18.8 Å². The first-order valence-corrected chi connectivity index (χ1v) is 2.90. The zero-order chi connectivity index (χ0) is 7.94. The van der Waals surface area contributed by atoms with E-state index in [1.54, 1.807) is 0 Å². The predicted octanol–water partition coefficient (Wildman–Crippen LogP) is 0.874. The van der Waals surface area contributed by atoms with Crippen LogP contribution in [0.1, 0.15) is 0 Å². The number of rotatable bonds is 1. The van der Waals surface area contributed by atoms with Gasteiger partial charge in [-0.25, -0.2) is 0 Å². The molecule has 2 nitrogen and oxygen atoms in total. The number of ketones is 1. The van der Waals surface area contributed by atoms with Crippen molar-refractivity contribution in [2.75, 3.05) is 7.05 Å². The molecule has 0 bridgehead atoms. The number of nitrogens with one attached hydrogen (secondary N) is 1. The van der Waals surface area contributed by atoms with Crippen LogP contribution in [0.2, 0.25) is 0 Å². The number of hydrogen-bond acceptors (Lipinski definition) is 2. The molecule has 0 heterocycles. The monoisotopic (exact) mass is 167 g/mol. The summed E-state index contributed by atoms with van der Waals surface area (Å²) in [6.45, 7) is 0. The number of halogens is 3. The van der Waals surface area contributed by atoms with E-state index in [9.17, 15) is 13.6 Å². The average Bonchev–Trinajstić information content (AvgIpc) is 1.88. The number of carbonyl (C=O) groups is 1. The Hall–Kier alpha value is -0.640. The van der Waals surface area contributed by atoms with Crippen LogP contribution < -0.4 is 5.32 Å². The van der Waals surface area contributed by atoms with E-state index in [1.807, 2.05) is 0 Å². The minimum Gasteiger partial charge on any atom is -0.385 e. The van der Waals surface area contributed by atoms with Crippen molar-refractivity contribution in [2.24, 2.45) is 0 Å². The van der Waals surface area contributed by atoms with Crippen molar-refractivity contribution < 1.29 is 13.6 Å². The molecule has 0 aromatic rings. The van der Waals surface area contributed by atoms with E-state index in [2.05, 4.69) is 5.32 Å². The summed E-state index contributed by atoms with van der Waals surface area (Å²) >= 11 is 5.14. The van der Waals surface area contributed by atoms with Crippen molar-refractivity contribution in [3.05, 3.63) is 10.7 Å². The summed E-state index contributed by atoms with van der Waals surface area (Å²) in [5.41, 5.74) is -0.487. The standard InChI is InChI=1S/C5H4ClF2NO/c1-9-3-2(6)4(10)5(3,7)8/h9H,1H3. The van der Waals surface area contributed by atoms with Crippen molar-refractivity contribution in [1.29, 1.82) is 0 Å². The van der Waals surface area contributed by atoms with E-state index < -0.39 is 22.4 Å². The van der Waals surface area contributed by atoms with Gasteiger partial charge in [-0.2, -0.15) is 8.78 Å². The second-order valence-corrected chi connectivity index (χ2v) is 2.22. The van der Waals surface area contributed by atoms with Gasteiger partial charge in [-0.15, -0.1) is 0 Å². The summed E-state index contributed by atoms with van der Waals surface area (Å²) in [6.07, 6.45) is 0. The highest BCUT2D eigenvalue weighted by Crippen LogP contribution is 2.39. The molecule has 0 amide bonds. The minimum absolute atomic E-state index is 0.396. The van der Waals surface area contributed by atoms with Crippen LogP contribution in [0.3, 0.4) is 0 Å². The lowest BCUT2D eigenvalue weighted by Crippen LogP contribution is -2.46. The highest BCUT2D eigenvalue weighted by Gasteiger charge is 2.55. The molecule has 10 heavy (non-hydrogen) atoms. The van der Waals surface area contributed by atoms with Crippen LogP contribution in [0.4, 0.5) is 8.78 Å². The molecule has 0 aromatic carbocycles. The Kier molecular flexibility index (Phi) is 1.43. The van der Waals surface area contributed by atoms with E-state index in [4.69, 9.17) is 11.6 Å². The second kappa shape index (κ2) is 1.92. The van der Waals surface area contributed by atoms with Gasteiger partial charge < -0.3 is 5.32 Å². The highest BCUT2D eigenvalue weighted by molar-refractivity contribution is 6.47. The Morgan fingerprint density at radius 2 is 2.10 bits per heavy atom. The van der Waals surface area contributed by atoms with Gasteiger partial charge in [-0.05, 0) is 0 Å². The SMILES string of the molecule is CNC1=C(Cl)C(=O)C1(F)F. The number of alkyl halides is 2. The molecule has 1 N–H and O–H groups in total. The number of carbonyl (C=O) groups excluding carboxylic acids is 1. The Morgan fingerprint density at radius 1 is 1.60 bits per heavy atom. The molecule has 0 saturated heterocycles. The van der Waals surface area contributed by atoms with Gasteiger partial charge in [0.05, 0.1) is 0 Å². The zero-order valence-electron chi connectivity index (χ0n) is 5.04. The van der Waals surface area contributed by atoms with Gasteiger partial charge in [0.1, 0.15) is 10.7 Å². The van der Waals surface area contributed by atoms with Gasteiger partial charge in [0.25, 0.3) is 5.78 Å². The maximum Gasteiger partial charge on any atom is 0.351 e. The van der Waals surface area contributed by atoms with Crippen LogP contribution in [0, 0.1) is 0 Å². The summed E-state index contributed by atoms with van der Waals surface area (Å²) in [7, 11) is 1.29. The van der Waals surface area contributed by atoms with E-state index in [0.29, 0.717) is 0 Å². The first-order chi connectivity index (χ1) is 4.51. The lowest BCUT2D eigenvalue weighted by atomic mass is 9.99. The number of allylic oxidation sites excluding steroid dienone is 2. The Labute approximate surface area is 60.8 Å². The Balaban J connectivity index is 3.01. The molecule has 0 saturated carbocycles. The fourth-order valence-electron chi connectivity index (χ4n) is 0.707. The topological polar surface area (TPSA) is 29.1 Å². The van der Waals surface area contributed by atoms with Gasteiger partial charge >= 0.3 is 5.92 Å². The molecular formula is C5H4ClF2NO. The molecule has 56 valence electrons. The first kappa shape index (κ1) is 7.47. The van der Waals surface area contributed by atoms with E-state index in [1.165, 1.54) is 7.05 Å². The molecule has 0 atom stereocenters. The van der Waals surface area contributed by atoms with Crippen LogP contribution in [0.25, 0.3) is 0 Å². The second-order valence-electron chi connectivity index (χ2n) is 1.84. The van der Waals surface area contributed by atoms with Gasteiger partial charge in [-0.1, -0.05) is 11.6 Å². The summed E-state index contributed by atoms with van der Waals surface area (Å²) < 4.78 is 24.6. The molecule has 1 aliphatic carbocycles. The van der Waals surface area contributed by atoms with Gasteiger partial charge in [0.15, 0.2) is 0 Å². The molecule has 0 aromatic heterocycles. The summed E-state index contributed by atoms with van der Waals surface area (Å²) in [5.74, 6) is -4.69. The summed E-state index contributed by atoms with van der Waals surface area (Å²) in [4.78, 5) is 10.3. The lowest BCUT2D eigenvalue weighted by molar-refractivity contribution is -0.138. The molecule has 0 aliphatic heterocycles. The largest absolute Gasteiger partial charge is 0.385 e. The smallest absolute Gasteiger partial charge is 0.351 e. The third-order valence-corrected chi connectivity index (χ3v) is 1.63. The molecular weight excluding hydrogens is 164 g/mol. The quantitative estimate of drug-likeness (QED) is 0.628. The molecule has 0 spiro atoms. The fraction of sp³-hybridized carbons (Fsp3) is 0.400. The minimum atomic E-state index is -3.38. The highest BCUT2D eigenvalue weighted by atomic mass is 35.5. The van der Waals surface area contributed by atoms with Crippen LogP contribution in [0.15, 0.2) is 10.7 Å². The summed E-state index contributed by atoms with van der Waals surface area (Å²) in [5, 5.41) is 1.75. The van der Waals surface area contributed by atoms with Gasteiger partial charge in [0, 0.05) is 7.05 Å². The third kappa shape index (κ3) is 0.653. The predicted molar refractivity (Wildman–Crippen MR) is 31.9 cm³/mol. The Bertz CT molecular complexity index is 224. The van der Waals surface area contributed by atoms with Crippen molar-refractivity contribution >= 4 is 17.4 Å². The van der Waals surface area contributed by atoms with E-state index in [-0.39, 0.29) is 0 Å². The van der Waals surface area contributed by atoms with Crippen LogP contribution in [-0.2, 0) is 4.79 Å². The van der Waals surface area contributed by atoms with Crippen LogP contribution in [0.5, 0.6) is 0 Å². The third-order valence-electron chi connectivity index (χ3n) is 1.27. The van der Waals surface area contributed by atoms with Gasteiger partial charge in [-0.3, -0.25) is 4.79 Å². The summed E-state index contributed by atoms with van der Waals surface area (Å²) in [6, 6.07) is 0. The molecule has 5 heteroatoms. The maximum absolute atomic E-state index is 12.3. The normalized spacial score (nSPS) is 22.6. The Morgan fingerprint density at radius 3 is 2.30 bits per heavy atom. The lowest BCUT2D eigenvalue weighted by Gasteiger charge is -2.27. The molecule has 0 radical (unpaired) electrons. The first-order valence-electron chi connectivity index (χ1n) is 2.52. The number of hydrogen-bond donors (Lipinski definition) is 1. The average molecular weight is 168 g/mol. The van der Waals surface area contributed by atoms with Crippen molar-refractivity contribution in [1.82, 2.24) is 5.32 Å². The van der Waals surface area contributed by atoms with Gasteiger partial charge in [0.2, 0.25) is 0 Å². The maximum atomic E-state index is 12.3. The van der Waals surface area contributed by atoms with E-state index in [0.717, 1.165) is 0 Å². The van der Waals surface area contributed by atoms with Crippen LogP contribution >= 0.6 is 11.6 Å². The van der Waals surface area contributed by atoms with Crippen molar-refractivity contribution in [3.63, 3.8) is 0 Å². The van der Waals surface area contributed by atoms with Crippen molar-refractivity contribution in [3.8, 4) is 0 Å². The molecule has 1 rings (SSSR count). The molecule has 0 fully saturated rings. The number of Topliss-reactive ketones (excluding diaryl/α,β-unsaturated/α-hetero) is 1. The molecule has 0 unspecified atom stereocenters. The van der Waals surface area contributed by atoms with Crippen molar-refractivity contribution in [2.45, 2.75) is 5.92 Å². The molecule has 1 aliphatic rings. The van der Waals surface area contributed by atoms with E-state index >= 15 is 0 Å². The fourth-order valence-corrected chi connectivity index (χ4v) is 1.04.